The topological polar surface area (TPSA) is 334 Å². The molecule has 0 heterocycles. The van der Waals surface area contributed by atoms with E-state index < -0.39 is 60.0 Å². The van der Waals surface area contributed by atoms with Gasteiger partial charge in [-0.3, -0.25) is 50.6 Å². The minimum absolute atomic E-state index is 2.44. The summed E-state index contributed by atoms with van der Waals surface area (Å²) in [5, 5.41) is 102. The molecule has 0 unspecified atom stereocenters. The van der Waals surface area contributed by atoms with E-state index in [2.05, 4.69) is 0 Å². The van der Waals surface area contributed by atoms with E-state index in [-0.39, 0.29) is 0 Å². The lowest BCUT2D eigenvalue weighted by Gasteiger charge is -2.34. The van der Waals surface area contributed by atoms with Crippen LogP contribution in [0.3, 0.4) is 0 Å². The zero-order valence-corrected chi connectivity index (χ0v) is 12.2. The Hall–Kier alpha value is -3.53. The van der Waals surface area contributed by atoms with Crippen LogP contribution in [0.25, 0.3) is 0 Å². The Kier molecular flexibility index (Phi) is 5.78. The van der Waals surface area contributed by atoms with Gasteiger partial charge in [-0.2, -0.15) is 0 Å². The third-order valence-corrected chi connectivity index (χ3v) is 3.31. The van der Waals surface area contributed by atoms with Crippen molar-refractivity contribution in [1.82, 2.24) is 0 Å². The molecule has 152 valence electrons. The average molecular weight is 405 g/mol. The second-order valence-corrected chi connectivity index (χ2v) is 4.58. The summed E-state index contributed by atoms with van der Waals surface area (Å²) in [6.45, 7) is -2.67. The zero-order valence-electron chi connectivity index (χ0n) is 12.2. The highest BCUT2D eigenvalue weighted by atomic mass is 16.7. The summed E-state index contributed by atoms with van der Waals surface area (Å²) in [6.07, 6.45) is 0. The van der Waals surface area contributed by atoms with Crippen molar-refractivity contribution in [3.05, 3.63) is 50.6 Å². The van der Waals surface area contributed by atoms with Gasteiger partial charge in [0, 0.05) is 0 Å². The quantitative estimate of drug-likeness (QED) is 0.136. The van der Waals surface area contributed by atoms with E-state index >= 15 is 0 Å². The van der Waals surface area contributed by atoms with Crippen molar-refractivity contribution >= 4 is 5.91 Å². The molecule has 0 saturated heterocycles. The van der Waals surface area contributed by atoms with E-state index in [1.807, 2.05) is 0 Å². The fraction of sp³-hybridized carbons (Fsp3) is 0.833. The van der Waals surface area contributed by atoms with Crippen LogP contribution < -0.4 is 0 Å². The number of amides is 1. The maximum Gasteiger partial charge on any atom is 0.564 e. The lowest BCUT2D eigenvalue weighted by Crippen LogP contribution is -2.86. The summed E-state index contributed by atoms with van der Waals surface area (Å²) in [4.78, 5) is 52.3. The third kappa shape index (κ3) is 2.57. The van der Waals surface area contributed by atoms with Crippen LogP contribution in [0, 0.1) is 50.6 Å². The first kappa shape index (κ1) is 23.5. The number of aliphatic hydroxyl groups is 5. The van der Waals surface area contributed by atoms with Crippen molar-refractivity contribution in [2.24, 2.45) is 0 Å². The van der Waals surface area contributed by atoms with Gasteiger partial charge >= 0.3 is 28.8 Å². The summed E-state index contributed by atoms with van der Waals surface area (Å²) in [5.74, 6) is -3.56. The van der Waals surface area contributed by atoms with Crippen molar-refractivity contribution < 1.29 is 54.9 Å². The van der Waals surface area contributed by atoms with Crippen molar-refractivity contribution in [1.29, 1.82) is 0 Å². The van der Waals surface area contributed by atoms with Gasteiger partial charge in [-0.05, 0) is 0 Å². The van der Waals surface area contributed by atoms with Crippen molar-refractivity contribution in [3.8, 4) is 0 Å². The molecule has 4 atom stereocenters. The fourth-order valence-electron chi connectivity index (χ4n) is 1.83. The van der Waals surface area contributed by atoms with Crippen LogP contribution in [0.1, 0.15) is 0 Å². The molecule has 5 N–H and O–H groups in total. The molecule has 21 heteroatoms. The van der Waals surface area contributed by atoms with E-state index in [9.17, 15) is 75.8 Å². The van der Waals surface area contributed by atoms with E-state index in [1.165, 1.54) is 0 Å². The smallest absolute Gasteiger partial charge is 0.386 e. The maximum absolute atomic E-state index is 11.3. The van der Waals surface area contributed by atoms with Gasteiger partial charge in [0.2, 0.25) is 0 Å². The zero-order chi connectivity index (χ0) is 22.2. The molecule has 0 aromatic carbocycles. The number of aliphatic hydroxyl groups excluding tert-OH is 1. The normalized spacial score (nSPS) is 20.0. The Morgan fingerprint density at radius 1 is 0.704 bits per heavy atom. The minimum atomic E-state index is -5.98. The Bertz CT molecular complexity index is 737. The van der Waals surface area contributed by atoms with Gasteiger partial charge in [0.05, 0.1) is 19.7 Å². The first-order valence-electron chi connectivity index (χ1n) is 5.71. The van der Waals surface area contributed by atoms with Crippen LogP contribution in [0.2, 0.25) is 0 Å². The first-order chi connectivity index (χ1) is 11.9. The average Bonchev–Trinajstić information content (AvgIpc) is 2.56. The first-order valence-corrected chi connectivity index (χ1v) is 5.71. The molecule has 27 heavy (non-hydrogen) atoms. The second-order valence-electron chi connectivity index (χ2n) is 4.58. The molecule has 0 bridgehead atoms. The lowest BCUT2D eigenvalue weighted by atomic mass is 9.81. The predicted octanol–water partition coefficient (Wildman–Crippen LogP) is -5.36. The number of carbonyl (C=O) groups excluding carboxylic acids is 1. The Morgan fingerprint density at radius 3 is 1.26 bits per heavy atom. The molecule has 0 aliphatic rings. The highest BCUT2D eigenvalue weighted by molar-refractivity contribution is 5.76. The molecule has 0 spiro atoms. The molecule has 1 amide bonds. The molecule has 0 radical (unpaired) electrons. The van der Waals surface area contributed by atoms with Crippen LogP contribution in [0.5, 0.6) is 0 Å². The molecule has 21 nitrogen and oxygen atoms in total. The molecule has 0 aliphatic carbocycles. The second kappa shape index (κ2) is 6.65. The van der Waals surface area contributed by atoms with Gasteiger partial charge in [-0.15, -0.1) is 0 Å². The molecule has 0 fully saturated rings. The summed E-state index contributed by atoms with van der Waals surface area (Å²) in [7, 11) is 0. The number of hydrogen-bond donors (Lipinski definition) is 5. The van der Waals surface area contributed by atoms with E-state index in [1.54, 1.807) is 0 Å². The van der Waals surface area contributed by atoms with Gasteiger partial charge in [0.1, 0.15) is 4.92 Å². The molecule has 0 saturated carbocycles. The maximum atomic E-state index is 11.3. The number of rotatable bonds is 9. The third-order valence-electron chi connectivity index (χ3n) is 3.31. The van der Waals surface area contributed by atoms with E-state index in [4.69, 9.17) is 5.11 Å². The van der Waals surface area contributed by atoms with Gasteiger partial charge in [0.15, 0.2) is 6.61 Å². The molecule has 0 aliphatic heterocycles. The Morgan fingerprint density at radius 2 is 1.07 bits per heavy atom. The summed E-state index contributed by atoms with van der Waals surface area (Å²) >= 11 is 0. The SMILES string of the molecule is O=C([N+](=O)[O-])[C@@](O)([N+](=O)[O-])[C@](O)([N+](=O)[O-])[C@@](O)([N+](=O)[O-])[C@](O)(CO)[N+](=O)[O-]. The van der Waals surface area contributed by atoms with Crippen LogP contribution in [0.4, 0.5) is 0 Å². The summed E-state index contributed by atoms with van der Waals surface area (Å²) in [6, 6.07) is 0. The van der Waals surface area contributed by atoms with Gasteiger partial charge < -0.3 is 25.5 Å². The minimum Gasteiger partial charge on any atom is -0.386 e. The molecule has 0 aromatic heterocycles. The number of carbonyl (C=O) groups is 1. The monoisotopic (exact) mass is 405 g/mol. The number of nitrogens with zero attached hydrogens (tertiary/aromatic N) is 5. The van der Waals surface area contributed by atoms with Crippen LogP contribution >= 0.6 is 0 Å². The fourth-order valence-corrected chi connectivity index (χ4v) is 1.83. The molecular weight excluding hydrogens is 398 g/mol. The Labute approximate surface area is 142 Å². The van der Waals surface area contributed by atoms with Gasteiger partial charge in [-0.25, -0.2) is 4.79 Å². The highest BCUT2D eigenvalue weighted by Gasteiger charge is 3.02. The Balaban J connectivity index is 7.62. The lowest BCUT2D eigenvalue weighted by molar-refractivity contribution is -0.864. The van der Waals surface area contributed by atoms with Crippen LogP contribution in [-0.4, -0.2) is 85.6 Å². The summed E-state index contributed by atoms with van der Waals surface area (Å²) in [5.41, 5.74) is -22.6. The number of hydrogen-bond acceptors (Lipinski definition) is 16. The van der Waals surface area contributed by atoms with Crippen molar-refractivity contribution in [3.63, 3.8) is 0 Å². The predicted molar refractivity (Wildman–Crippen MR) is 66.9 cm³/mol. The van der Waals surface area contributed by atoms with Gasteiger partial charge in [0.25, 0.3) is 0 Å². The highest BCUT2D eigenvalue weighted by Crippen LogP contribution is 2.42. The van der Waals surface area contributed by atoms with Crippen molar-refractivity contribution in [2.45, 2.75) is 22.9 Å². The summed E-state index contributed by atoms with van der Waals surface area (Å²) < 4.78 is 0. The van der Waals surface area contributed by atoms with Gasteiger partial charge in [-0.1, -0.05) is 0 Å². The van der Waals surface area contributed by atoms with Crippen LogP contribution in [-0.2, 0) is 4.79 Å². The molecule has 0 aromatic rings. The molecular formula is C6H7N5O16. The largest absolute Gasteiger partial charge is 0.564 e. The number of nitro groups is 5. The van der Waals surface area contributed by atoms with E-state index in [0.29, 0.717) is 0 Å². The standard InChI is InChI=1S/C6H7N5O16/c12-1-3(14,8(20)21)5(16,10(24)25)6(17,11(26)27)4(15,9(22)23)2(13)7(18)19/h12,14-17H,1H2/t3-,4+,5-,6-/m1/s1. The van der Waals surface area contributed by atoms with E-state index in [0.717, 1.165) is 0 Å². The van der Waals surface area contributed by atoms with Crippen molar-refractivity contribution in [2.75, 3.05) is 6.61 Å². The molecule has 0 rings (SSSR count). The van der Waals surface area contributed by atoms with Crippen LogP contribution in [0.15, 0.2) is 0 Å².